The fourth-order valence-corrected chi connectivity index (χ4v) is 1.67. The Bertz CT molecular complexity index is 582. The fraction of sp³-hybridized carbons (Fsp3) is 0.0714. The first kappa shape index (κ1) is 12.8. The van der Waals surface area contributed by atoms with Crippen molar-refractivity contribution < 1.29 is 14.5 Å². The van der Waals surface area contributed by atoms with E-state index in [0.717, 1.165) is 11.1 Å². The lowest BCUT2D eigenvalue weighted by molar-refractivity contribution is 0.0358. The van der Waals surface area contributed by atoms with Gasteiger partial charge in [0, 0.05) is 0 Å². The van der Waals surface area contributed by atoms with Crippen LogP contribution in [0.3, 0.4) is 0 Å². The van der Waals surface area contributed by atoms with Gasteiger partial charge in [0.2, 0.25) is 0 Å². The number of carbonyl (C=O) groups excluding carboxylic acids is 1. The fourth-order valence-electron chi connectivity index (χ4n) is 1.67. The van der Waals surface area contributed by atoms with Gasteiger partial charge in [-0.15, -0.1) is 0 Å². The second kappa shape index (κ2) is 6.30. The van der Waals surface area contributed by atoms with Crippen LogP contribution >= 0.6 is 0 Å². The monoisotopic (exact) mass is 256 g/mol. The molecule has 0 saturated carbocycles. The standard InChI is InChI=1S/C14H12N2O3/c1-18-15-16-19-14(17)13-10-6-5-9-12(13)11-7-3-2-4-8-11/h2-10H,1H3/b16-15+. The van der Waals surface area contributed by atoms with E-state index < -0.39 is 5.97 Å². The minimum absolute atomic E-state index is 0.420. The van der Waals surface area contributed by atoms with Crippen molar-refractivity contribution in [2.24, 2.45) is 10.6 Å². The molecular weight excluding hydrogens is 244 g/mol. The number of hydrogen-bond donors (Lipinski definition) is 0. The second-order valence-corrected chi connectivity index (χ2v) is 3.64. The molecule has 0 bridgehead atoms. The zero-order valence-corrected chi connectivity index (χ0v) is 10.3. The summed E-state index contributed by atoms with van der Waals surface area (Å²) in [6, 6.07) is 16.7. The van der Waals surface area contributed by atoms with Crippen LogP contribution in [-0.4, -0.2) is 13.1 Å². The van der Waals surface area contributed by atoms with Crippen LogP contribution in [-0.2, 0) is 9.68 Å². The molecule has 0 aromatic heterocycles. The van der Waals surface area contributed by atoms with Crippen LogP contribution in [0.5, 0.6) is 0 Å². The third-order valence-corrected chi connectivity index (χ3v) is 2.47. The molecular formula is C14H12N2O3. The van der Waals surface area contributed by atoms with Crippen molar-refractivity contribution in [2.75, 3.05) is 7.11 Å². The summed E-state index contributed by atoms with van der Waals surface area (Å²) in [4.78, 5) is 20.8. The van der Waals surface area contributed by atoms with Crippen LogP contribution in [0.1, 0.15) is 10.4 Å². The van der Waals surface area contributed by atoms with Crippen molar-refractivity contribution >= 4 is 5.97 Å². The van der Waals surface area contributed by atoms with Crippen molar-refractivity contribution in [3.63, 3.8) is 0 Å². The summed E-state index contributed by atoms with van der Waals surface area (Å²) in [6.45, 7) is 0. The molecule has 0 aliphatic carbocycles. The minimum atomic E-state index is -0.583. The van der Waals surface area contributed by atoms with Gasteiger partial charge in [0.1, 0.15) is 7.11 Å². The van der Waals surface area contributed by atoms with Crippen LogP contribution in [0.4, 0.5) is 0 Å². The highest BCUT2D eigenvalue weighted by Crippen LogP contribution is 2.23. The molecule has 0 N–H and O–H groups in total. The molecule has 0 unspecified atom stereocenters. The molecule has 0 radical (unpaired) electrons. The van der Waals surface area contributed by atoms with E-state index in [4.69, 9.17) is 0 Å². The van der Waals surface area contributed by atoms with Crippen molar-refractivity contribution in [1.29, 1.82) is 0 Å². The maximum absolute atomic E-state index is 11.9. The smallest absolute Gasteiger partial charge is 0.368 e. The summed E-state index contributed by atoms with van der Waals surface area (Å²) in [7, 11) is 1.31. The Balaban J connectivity index is 2.31. The van der Waals surface area contributed by atoms with Crippen molar-refractivity contribution in [2.45, 2.75) is 0 Å². The van der Waals surface area contributed by atoms with E-state index in [1.165, 1.54) is 7.11 Å². The van der Waals surface area contributed by atoms with Gasteiger partial charge in [0.05, 0.1) is 16.1 Å². The SMILES string of the molecule is CO/N=N/OC(=O)c1ccccc1-c1ccccc1. The van der Waals surface area contributed by atoms with Crippen LogP contribution in [0.15, 0.2) is 65.2 Å². The van der Waals surface area contributed by atoms with E-state index in [0.29, 0.717) is 5.56 Å². The quantitative estimate of drug-likeness (QED) is 0.621. The summed E-state index contributed by atoms with van der Waals surface area (Å²) < 4.78 is 0. The predicted molar refractivity (Wildman–Crippen MR) is 69.2 cm³/mol. The van der Waals surface area contributed by atoms with Crippen molar-refractivity contribution in [3.05, 3.63) is 60.2 Å². The molecule has 2 rings (SSSR count). The first-order valence-corrected chi connectivity index (χ1v) is 5.62. The number of benzene rings is 2. The molecule has 0 fully saturated rings. The molecule has 2 aromatic carbocycles. The van der Waals surface area contributed by atoms with Gasteiger partial charge in [-0.25, -0.2) is 4.79 Å². The molecule has 5 nitrogen and oxygen atoms in total. The van der Waals surface area contributed by atoms with Crippen LogP contribution in [0, 0.1) is 0 Å². The van der Waals surface area contributed by atoms with E-state index in [1.54, 1.807) is 12.1 Å². The lowest BCUT2D eigenvalue weighted by atomic mass is 10.00. The Morgan fingerprint density at radius 1 is 0.947 bits per heavy atom. The number of rotatable bonds is 4. The molecule has 96 valence electrons. The summed E-state index contributed by atoms with van der Waals surface area (Å²) >= 11 is 0. The van der Waals surface area contributed by atoms with E-state index in [-0.39, 0.29) is 0 Å². The Labute approximate surface area is 110 Å². The van der Waals surface area contributed by atoms with Gasteiger partial charge in [-0.2, -0.15) is 0 Å². The first-order chi connectivity index (χ1) is 9.33. The zero-order valence-electron chi connectivity index (χ0n) is 10.3. The van der Waals surface area contributed by atoms with Gasteiger partial charge in [0.15, 0.2) is 0 Å². The van der Waals surface area contributed by atoms with Gasteiger partial charge in [0.25, 0.3) is 0 Å². The predicted octanol–water partition coefficient (Wildman–Crippen LogP) is 3.44. The van der Waals surface area contributed by atoms with Gasteiger partial charge in [-0.05, 0) is 17.2 Å². The first-order valence-electron chi connectivity index (χ1n) is 5.62. The minimum Gasteiger partial charge on any atom is -0.380 e. The summed E-state index contributed by atoms with van der Waals surface area (Å²) in [5, 5.41) is 6.28. The molecule has 0 heterocycles. The Morgan fingerprint density at radius 2 is 1.63 bits per heavy atom. The topological polar surface area (TPSA) is 60.3 Å². The van der Waals surface area contributed by atoms with E-state index in [1.807, 2.05) is 42.5 Å². The van der Waals surface area contributed by atoms with Gasteiger partial charge in [-0.3, -0.25) is 4.84 Å². The lowest BCUT2D eigenvalue weighted by Crippen LogP contribution is -2.02. The molecule has 0 spiro atoms. The zero-order chi connectivity index (χ0) is 13.5. The van der Waals surface area contributed by atoms with E-state index in [2.05, 4.69) is 20.2 Å². The number of nitrogens with zero attached hydrogens (tertiary/aromatic N) is 2. The lowest BCUT2D eigenvalue weighted by Gasteiger charge is -2.06. The normalized spacial score (nSPS) is 10.4. The number of carbonyl (C=O) groups is 1. The van der Waals surface area contributed by atoms with Gasteiger partial charge >= 0.3 is 5.97 Å². The Hall–Kier alpha value is -2.69. The van der Waals surface area contributed by atoms with Crippen molar-refractivity contribution in [3.8, 4) is 11.1 Å². The van der Waals surface area contributed by atoms with Gasteiger partial charge in [-0.1, -0.05) is 48.5 Å². The molecule has 0 saturated heterocycles. The van der Waals surface area contributed by atoms with E-state index in [9.17, 15) is 4.79 Å². The largest absolute Gasteiger partial charge is 0.380 e. The third kappa shape index (κ3) is 3.16. The van der Waals surface area contributed by atoms with Gasteiger partial charge < -0.3 is 4.84 Å². The molecule has 19 heavy (non-hydrogen) atoms. The molecule has 0 amide bonds. The van der Waals surface area contributed by atoms with Crippen LogP contribution in [0.25, 0.3) is 11.1 Å². The maximum atomic E-state index is 11.9. The summed E-state index contributed by atoms with van der Waals surface area (Å²) in [5.41, 5.74) is 2.13. The molecule has 2 aromatic rings. The molecule has 5 heteroatoms. The maximum Gasteiger partial charge on any atom is 0.368 e. The summed E-state index contributed by atoms with van der Waals surface area (Å²) in [6.07, 6.45) is 0. The molecule has 0 aliphatic rings. The Morgan fingerprint density at radius 3 is 2.37 bits per heavy atom. The Kier molecular flexibility index (Phi) is 4.23. The van der Waals surface area contributed by atoms with Crippen LogP contribution in [0.2, 0.25) is 0 Å². The van der Waals surface area contributed by atoms with Crippen molar-refractivity contribution in [1.82, 2.24) is 0 Å². The highest BCUT2D eigenvalue weighted by atomic mass is 16.7. The number of hydrogen-bond acceptors (Lipinski definition) is 5. The average molecular weight is 256 g/mol. The third-order valence-electron chi connectivity index (χ3n) is 2.47. The average Bonchev–Trinajstić information content (AvgIpc) is 2.48. The molecule has 0 atom stereocenters. The highest BCUT2D eigenvalue weighted by molar-refractivity contribution is 5.97. The summed E-state index contributed by atoms with van der Waals surface area (Å²) in [5.74, 6) is -0.583. The molecule has 0 aliphatic heterocycles. The highest BCUT2D eigenvalue weighted by Gasteiger charge is 2.13. The van der Waals surface area contributed by atoms with Crippen LogP contribution < -0.4 is 0 Å². The second-order valence-electron chi connectivity index (χ2n) is 3.64. The van der Waals surface area contributed by atoms with E-state index >= 15 is 0 Å².